The summed E-state index contributed by atoms with van der Waals surface area (Å²) >= 11 is 0. The number of sulfonamides is 1. The summed E-state index contributed by atoms with van der Waals surface area (Å²) in [6.45, 7) is 4.94. The van der Waals surface area contributed by atoms with Gasteiger partial charge in [0.15, 0.2) is 0 Å². The Kier molecular flexibility index (Phi) is 5.46. The quantitative estimate of drug-likeness (QED) is 0.728. The molecule has 2 heterocycles. The first-order valence-electron chi connectivity index (χ1n) is 9.30. The molecule has 1 aromatic carbocycles. The van der Waals surface area contributed by atoms with E-state index in [9.17, 15) is 18.0 Å². The van der Waals surface area contributed by atoms with Crippen molar-refractivity contribution >= 4 is 27.6 Å². The minimum Gasteiger partial charge on any atom is -0.466 e. The third-order valence-electron chi connectivity index (χ3n) is 5.17. The molecule has 0 aromatic heterocycles. The van der Waals surface area contributed by atoms with Gasteiger partial charge in [-0.2, -0.15) is 0 Å². The number of benzene rings is 1. The van der Waals surface area contributed by atoms with Gasteiger partial charge in [-0.1, -0.05) is 0 Å². The summed E-state index contributed by atoms with van der Waals surface area (Å²) in [4.78, 5) is 26.6. The van der Waals surface area contributed by atoms with Gasteiger partial charge in [0.1, 0.15) is 0 Å². The van der Waals surface area contributed by atoms with Crippen molar-refractivity contribution in [3.05, 3.63) is 29.3 Å². The highest BCUT2D eigenvalue weighted by molar-refractivity contribution is 7.92. The van der Waals surface area contributed by atoms with Crippen molar-refractivity contribution in [3.63, 3.8) is 0 Å². The summed E-state index contributed by atoms with van der Waals surface area (Å²) in [5.74, 6) is -0.656. The molecule has 27 heavy (non-hydrogen) atoms. The second-order valence-corrected chi connectivity index (χ2v) is 9.16. The second kappa shape index (κ2) is 7.50. The number of nitrogens with zero attached hydrogens (tertiary/aromatic N) is 2. The van der Waals surface area contributed by atoms with E-state index in [4.69, 9.17) is 4.74 Å². The van der Waals surface area contributed by atoms with E-state index in [0.717, 1.165) is 18.4 Å². The van der Waals surface area contributed by atoms with Crippen LogP contribution in [0.15, 0.2) is 18.2 Å². The lowest BCUT2D eigenvalue weighted by Gasteiger charge is -2.31. The number of esters is 1. The molecule has 0 spiro atoms. The average Bonchev–Trinajstić information content (AvgIpc) is 2.96. The Morgan fingerprint density at radius 2 is 2.04 bits per heavy atom. The molecular formula is C19H26N2O5S. The third-order valence-corrected chi connectivity index (χ3v) is 6.44. The van der Waals surface area contributed by atoms with E-state index in [2.05, 4.69) is 0 Å². The number of amides is 1. The van der Waals surface area contributed by atoms with Gasteiger partial charge in [0.2, 0.25) is 10.0 Å². The predicted molar refractivity (Wildman–Crippen MR) is 102 cm³/mol. The molecule has 0 radical (unpaired) electrons. The van der Waals surface area contributed by atoms with Crippen molar-refractivity contribution < 1.29 is 22.7 Å². The first-order valence-corrected chi connectivity index (χ1v) is 11.2. The van der Waals surface area contributed by atoms with E-state index >= 15 is 0 Å². The van der Waals surface area contributed by atoms with Crippen molar-refractivity contribution in [2.24, 2.45) is 5.92 Å². The van der Waals surface area contributed by atoms with Crippen LogP contribution >= 0.6 is 0 Å². The number of likely N-dealkylation sites (tertiary alicyclic amines) is 1. The fourth-order valence-corrected chi connectivity index (χ4v) is 5.30. The highest BCUT2D eigenvalue weighted by atomic mass is 32.2. The molecule has 0 N–H and O–H groups in total. The van der Waals surface area contributed by atoms with Crippen molar-refractivity contribution in [3.8, 4) is 0 Å². The number of hydrogen-bond donors (Lipinski definition) is 0. The van der Waals surface area contributed by atoms with E-state index < -0.39 is 10.0 Å². The van der Waals surface area contributed by atoms with E-state index in [0.29, 0.717) is 37.4 Å². The molecule has 1 aromatic rings. The summed E-state index contributed by atoms with van der Waals surface area (Å²) in [6.07, 6.45) is 3.27. The third kappa shape index (κ3) is 3.95. The molecule has 2 aliphatic heterocycles. The molecule has 2 atom stereocenters. The highest BCUT2D eigenvalue weighted by Crippen LogP contribution is 2.35. The van der Waals surface area contributed by atoms with Crippen LogP contribution in [0.2, 0.25) is 0 Å². The lowest BCUT2D eigenvalue weighted by molar-refractivity contribution is -0.149. The van der Waals surface area contributed by atoms with Crippen LogP contribution in [0.4, 0.5) is 5.69 Å². The van der Waals surface area contributed by atoms with E-state index in [1.54, 1.807) is 30.0 Å². The van der Waals surface area contributed by atoms with Crippen LogP contribution in [-0.4, -0.2) is 57.2 Å². The minimum atomic E-state index is -3.35. The standard InChI is InChI=1S/C19H26N2O5S/c1-4-26-19(23)15-6-5-9-20(12-15)18(22)14-7-8-17-16(11-14)10-13(2)21(17)27(3,24)25/h7-8,11,13,15H,4-6,9-10,12H2,1-3H3/t13-,15-/m1/s1. The minimum absolute atomic E-state index is 0.128. The molecule has 0 unspecified atom stereocenters. The van der Waals surface area contributed by atoms with Crippen molar-refractivity contribution in [2.45, 2.75) is 39.2 Å². The number of carbonyl (C=O) groups excluding carboxylic acids is 2. The molecule has 8 heteroatoms. The second-order valence-electron chi connectivity index (χ2n) is 7.30. The van der Waals surface area contributed by atoms with Gasteiger partial charge in [0, 0.05) is 24.7 Å². The van der Waals surface area contributed by atoms with Crippen molar-refractivity contribution in [1.29, 1.82) is 0 Å². The van der Waals surface area contributed by atoms with E-state index in [1.165, 1.54) is 10.6 Å². The number of anilines is 1. The molecule has 3 rings (SSSR count). The van der Waals surface area contributed by atoms with Crippen LogP contribution in [0.1, 0.15) is 42.6 Å². The smallest absolute Gasteiger partial charge is 0.310 e. The predicted octanol–water partition coefficient (Wildman–Crippen LogP) is 1.81. The number of hydrogen-bond acceptors (Lipinski definition) is 5. The zero-order valence-corrected chi connectivity index (χ0v) is 16.8. The summed E-state index contributed by atoms with van der Waals surface area (Å²) < 4.78 is 30.6. The van der Waals surface area contributed by atoms with Gasteiger partial charge in [-0.3, -0.25) is 13.9 Å². The normalized spacial score (nSPS) is 22.5. The molecule has 0 aliphatic carbocycles. The van der Waals surface area contributed by atoms with Gasteiger partial charge in [-0.05, 0) is 56.9 Å². The Labute approximate surface area is 160 Å². The molecule has 0 saturated carbocycles. The lowest BCUT2D eigenvalue weighted by Crippen LogP contribution is -2.42. The fraction of sp³-hybridized carbons (Fsp3) is 0.579. The summed E-state index contributed by atoms with van der Waals surface area (Å²) in [5.41, 5.74) is 2.03. The molecule has 1 amide bonds. The number of piperidine rings is 1. The maximum absolute atomic E-state index is 12.9. The van der Waals surface area contributed by atoms with Crippen molar-refractivity contribution in [1.82, 2.24) is 4.90 Å². The molecule has 148 valence electrons. The Hall–Kier alpha value is -2.09. The Morgan fingerprint density at radius 3 is 2.70 bits per heavy atom. The summed E-state index contributed by atoms with van der Waals surface area (Å²) in [7, 11) is -3.35. The van der Waals surface area contributed by atoms with Gasteiger partial charge in [0.05, 0.1) is 24.5 Å². The Morgan fingerprint density at radius 1 is 1.30 bits per heavy atom. The van der Waals surface area contributed by atoms with E-state index in [1.807, 2.05) is 6.92 Å². The number of rotatable bonds is 4. The maximum atomic E-state index is 12.9. The molecular weight excluding hydrogens is 368 g/mol. The SMILES string of the molecule is CCOC(=O)[C@@H]1CCCN(C(=O)c2ccc3c(c2)C[C@@H](C)N3S(C)(=O)=O)C1. The first kappa shape index (κ1) is 19.7. The van der Waals surface area contributed by atoms with Gasteiger partial charge >= 0.3 is 5.97 Å². The molecule has 1 saturated heterocycles. The zero-order valence-electron chi connectivity index (χ0n) is 16.0. The van der Waals surface area contributed by atoms with Gasteiger partial charge in [-0.15, -0.1) is 0 Å². The zero-order chi connectivity index (χ0) is 19.8. The Balaban J connectivity index is 1.79. The first-order chi connectivity index (χ1) is 12.7. The molecule has 2 aliphatic rings. The summed E-state index contributed by atoms with van der Waals surface area (Å²) in [5, 5.41) is 0. The number of ether oxygens (including phenoxy) is 1. The molecule has 1 fully saturated rings. The monoisotopic (exact) mass is 394 g/mol. The van der Waals surface area contributed by atoms with Gasteiger partial charge in [-0.25, -0.2) is 8.42 Å². The van der Waals surface area contributed by atoms with Crippen LogP contribution in [0.3, 0.4) is 0 Å². The summed E-state index contributed by atoms with van der Waals surface area (Å²) in [6, 6.07) is 5.00. The Bertz CT molecular complexity index is 852. The largest absolute Gasteiger partial charge is 0.466 e. The van der Waals surface area contributed by atoms with E-state index in [-0.39, 0.29) is 23.8 Å². The molecule has 7 nitrogen and oxygen atoms in total. The van der Waals surface area contributed by atoms with Crippen LogP contribution in [0, 0.1) is 5.92 Å². The van der Waals surface area contributed by atoms with Gasteiger partial charge in [0.25, 0.3) is 5.91 Å². The fourth-order valence-electron chi connectivity index (χ4n) is 4.04. The number of fused-ring (bicyclic) bond motifs is 1. The molecule has 0 bridgehead atoms. The lowest BCUT2D eigenvalue weighted by atomic mass is 9.97. The van der Waals surface area contributed by atoms with Crippen LogP contribution in [0.25, 0.3) is 0 Å². The maximum Gasteiger partial charge on any atom is 0.310 e. The van der Waals surface area contributed by atoms with Crippen molar-refractivity contribution in [2.75, 3.05) is 30.3 Å². The highest BCUT2D eigenvalue weighted by Gasteiger charge is 2.34. The van der Waals surface area contributed by atoms with Crippen LogP contribution in [0.5, 0.6) is 0 Å². The topological polar surface area (TPSA) is 84.0 Å². The average molecular weight is 394 g/mol. The van der Waals surface area contributed by atoms with Crippen LogP contribution < -0.4 is 4.31 Å². The van der Waals surface area contributed by atoms with Gasteiger partial charge < -0.3 is 9.64 Å². The number of carbonyl (C=O) groups is 2. The van der Waals surface area contributed by atoms with Crippen LogP contribution in [-0.2, 0) is 26.0 Å².